The van der Waals surface area contributed by atoms with Crippen molar-refractivity contribution in [1.29, 1.82) is 0 Å². The molecular formula is C14H21Cl2FN2O. The summed E-state index contributed by atoms with van der Waals surface area (Å²) in [5.74, 6) is 0.207. The molecule has 1 aromatic carbocycles. The Kier molecular flexibility index (Phi) is 7.59. The number of likely N-dealkylation sites (N-methyl/N-ethyl adjacent to an activating group) is 1. The Morgan fingerprint density at radius 3 is 3.00 bits per heavy atom. The summed E-state index contributed by atoms with van der Waals surface area (Å²) < 4.78 is 18.5. The highest BCUT2D eigenvalue weighted by atomic mass is 35.5. The van der Waals surface area contributed by atoms with E-state index in [2.05, 4.69) is 10.2 Å². The van der Waals surface area contributed by atoms with Crippen LogP contribution in [0.4, 0.5) is 4.39 Å². The van der Waals surface area contributed by atoms with E-state index < -0.39 is 0 Å². The van der Waals surface area contributed by atoms with Crippen LogP contribution in [-0.4, -0.2) is 44.2 Å². The van der Waals surface area contributed by atoms with E-state index >= 15 is 0 Å². The molecule has 1 aliphatic rings. The van der Waals surface area contributed by atoms with Crippen molar-refractivity contribution in [3.63, 3.8) is 0 Å². The van der Waals surface area contributed by atoms with Gasteiger partial charge in [-0.25, -0.2) is 4.39 Å². The quantitative estimate of drug-likeness (QED) is 0.871. The Morgan fingerprint density at radius 1 is 1.50 bits per heavy atom. The Bertz CT molecular complexity index is 420. The summed E-state index contributed by atoms with van der Waals surface area (Å²) in [7, 11) is 1.98. The fraction of sp³-hybridized carbons (Fsp3) is 0.571. The molecule has 0 radical (unpaired) electrons. The van der Waals surface area contributed by atoms with E-state index in [1.165, 1.54) is 25.0 Å². The van der Waals surface area contributed by atoms with Crippen molar-refractivity contribution in [3.8, 4) is 5.75 Å². The van der Waals surface area contributed by atoms with Crippen molar-refractivity contribution < 1.29 is 9.13 Å². The molecule has 0 saturated carbocycles. The molecule has 1 aromatic rings. The highest BCUT2D eigenvalue weighted by Gasteiger charge is 2.23. The molecule has 0 spiro atoms. The van der Waals surface area contributed by atoms with E-state index in [4.69, 9.17) is 16.3 Å². The Labute approximate surface area is 130 Å². The lowest BCUT2D eigenvalue weighted by Gasteiger charge is -2.24. The normalized spacial score (nSPS) is 18.9. The third-order valence-electron chi connectivity index (χ3n) is 3.47. The number of nitrogens with one attached hydrogen (secondary N) is 1. The number of nitrogens with zero attached hydrogens (tertiary/aromatic N) is 1. The van der Waals surface area contributed by atoms with Gasteiger partial charge >= 0.3 is 0 Å². The summed E-state index contributed by atoms with van der Waals surface area (Å²) in [4.78, 5) is 2.42. The highest BCUT2D eigenvalue weighted by molar-refractivity contribution is 6.32. The standard InChI is InChI=1S/C14H20ClFN2O.ClH/c1-17-10-12-3-2-6-18(12)7-8-19-14-5-4-11(16)9-13(14)15;/h4-5,9,12,17H,2-3,6-8,10H2,1H3;1H. The van der Waals surface area contributed by atoms with Gasteiger partial charge in [-0.1, -0.05) is 11.6 Å². The first-order valence-electron chi connectivity index (χ1n) is 6.67. The summed E-state index contributed by atoms with van der Waals surface area (Å²) in [6, 6.07) is 4.81. The second kappa shape index (κ2) is 8.67. The molecule has 3 nitrogen and oxygen atoms in total. The van der Waals surface area contributed by atoms with E-state index in [0.29, 0.717) is 23.4 Å². The zero-order chi connectivity index (χ0) is 13.7. The molecule has 0 bridgehead atoms. The summed E-state index contributed by atoms with van der Waals surface area (Å²) in [5, 5.41) is 3.54. The van der Waals surface area contributed by atoms with Gasteiger partial charge in [-0.15, -0.1) is 12.4 Å². The lowest BCUT2D eigenvalue weighted by molar-refractivity contribution is 0.195. The third-order valence-corrected chi connectivity index (χ3v) is 3.76. The zero-order valence-corrected chi connectivity index (χ0v) is 13.1. The van der Waals surface area contributed by atoms with Crippen molar-refractivity contribution >= 4 is 24.0 Å². The monoisotopic (exact) mass is 322 g/mol. The second-order valence-corrected chi connectivity index (χ2v) is 5.22. The average Bonchev–Trinajstić information content (AvgIpc) is 2.80. The van der Waals surface area contributed by atoms with E-state index in [0.717, 1.165) is 19.6 Å². The summed E-state index contributed by atoms with van der Waals surface area (Å²) in [6.45, 7) is 3.58. The molecule has 0 amide bonds. The van der Waals surface area contributed by atoms with Gasteiger partial charge < -0.3 is 10.1 Å². The van der Waals surface area contributed by atoms with Gasteiger partial charge in [0, 0.05) is 19.1 Å². The second-order valence-electron chi connectivity index (χ2n) is 4.81. The van der Waals surface area contributed by atoms with Crippen LogP contribution in [0, 0.1) is 5.82 Å². The molecule has 6 heteroatoms. The van der Waals surface area contributed by atoms with Crippen LogP contribution in [0.5, 0.6) is 5.75 Å². The molecule has 20 heavy (non-hydrogen) atoms. The molecule has 1 N–H and O–H groups in total. The van der Waals surface area contributed by atoms with Crippen molar-refractivity contribution in [2.45, 2.75) is 18.9 Å². The molecular weight excluding hydrogens is 302 g/mol. The molecule has 114 valence electrons. The molecule has 1 saturated heterocycles. The third kappa shape index (κ3) is 4.77. The molecule has 0 aliphatic carbocycles. The van der Waals surface area contributed by atoms with E-state index in [1.54, 1.807) is 6.07 Å². The molecule has 1 unspecified atom stereocenters. The lowest BCUT2D eigenvalue weighted by atomic mass is 10.2. The van der Waals surface area contributed by atoms with Crippen molar-refractivity contribution in [3.05, 3.63) is 29.0 Å². The summed E-state index contributed by atoms with van der Waals surface area (Å²) >= 11 is 5.91. The Morgan fingerprint density at radius 2 is 2.30 bits per heavy atom. The first kappa shape index (κ1) is 17.5. The number of hydrogen-bond donors (Lipinski definition) is 1. The number of likely N-dealkylation sites (tertiary alicyclic amines) is 1. The minimum Gasteiger partial charge on any atom is -0.491 e. The number of ether oxygens (including phenoxy) is 1. The molecule has 0 aromatic heterocycles. The predicted octanol–water partition coefficient (Wildman–Crippen LogP) is 2.96. The number of halogens is 3. The van der Waals surface area contributed by atoms with Crippen molar-refractivity contribution in [2.75, 3.05) is 33.3 Å². The minimum absolute atomic E-state index is 0. The molecule has 1 atom stereocenters. The first-order chi connectivity index (χ1) is 9.20. The van der Waals surface area contributed by atoms with E-state index in [-0.39, 0.29) is 18.2 Å². The molecule has 2 rings (SSSR count). The van der Waals surface area contributed by atoms with Crippen LogP contribution in [0.25, 0.3) is 0 Å². The van der Waals surface area contributed by atoms with Gasteiger partial charge in [0.1, 0.15) is 18.2 Å². The van der Waals surface area contributed by atoms with Gasteiger partial charge in [-0.2, -0.15) is 0 Å². The topological polar surface area (TPSA) is 24.5 Å². The summed E-state index contributed by atoms with van der Waals surface area (Å²) in [5.41, 5.74) is 0. The fourth-order valence-electron chi connectivity index (χ4n) is 2.52. The molecule has 1 fully saturated rings. The van der Waals surface area contributed by atoms with Crippen LogP contribution in [0.3, 0.4) is 0 Å². The maximum Gasteiger partial charge on any atom is 0.138 e. The van der Waals surface area contributed by atoms with Crippen molar-refractivity contribution in [1.82, 2.24) is 10.2 Å². The first-order valence-corrected chi connectivity index (χ1v) is 7.05. The Hall–Kier alpha value is -0.550. The lowest BCUT2D eigenvalue weighted by Crippen LogP contribution is -2.39. The number of rotatable bonds is 6. The maximum absolute atomic E-state index is 12.9. The van der Waals surface area contributed by atoms with Crippen LogP contribution < -0.4 is 10.1 Å². The van der Waals surface area contributed by atoms with Gasteiger partial charge in [0.05, 0.1) is 5.02 Å². The highest BCUT2D eigenvalue weighted by Crippen LogP contribution is 2.25. The van der Waals surface area contributed by atoms with Gasteiger partial charge in [0.25, 0.3) is 0 Å². The maximum atomic E-state index is 12.9. The largest absolute Gasteiger partial charge is 0.491 e. The van der Waals surface area contributed by atoms with Crippen LogP contribution in [-0.2, 0) is 0 Å². The average molecular weight is 323 g/mol. The smallest absolute Gasteiger partial charge is 0.138 e. The number of hydrogen-bond acceptors (Lipinski definition) is 3. The fourth-order valence-corrected chi connectivity index (χ4v) is 2.74. The van der Waals surface area contributed by atoms with Crippen molar-refractivity contribution in [2.24, 2.45) is 0 Å². The van der Waals surface area contributed by atoms with E-state index in [9.17, 15) is 4.39 Å². The van der Waals surface area contributed by atoms with Crippen LogP contribution in [0.1, 0.15) is 12.8 Å². The van der Waals surface area contributed by atoms with Crippen LogP contribution in [0.15, 0.2) is 18.2 Å². The molecule has 1 aliphatic heterocycles. The van der Waals surface area contributed by atoms with E-state index in [1.807, 2.05) is 7.05 Å². The Balaban J connectivity index is 0.00000200. The van der Waals surface area contributed by atoms with Gasteiger partial charge in [-0.05, 0) is 44.6 Å². The predicted molar refractivity (Wildman–Crippen MR) is 82.7 cm³/mol. The van der Waals surface area contributed by atoms with Gasteiger partial charge in [0.2, 0.25) is 0 Å². The zero-order valence-electron chi connectivity index (χ0n) is 11.6. The molecule has 1 heterocycles. The van der Waals surface area contributed by atoms with Gasteiger partial charge in [-0.3, -0.25) is 4.90 Å². The van der Waals surface area contributed by atoms with Crippen LogP contribution in [0.2, 0.25) is 5.02 Å². The van der Waals surface area contributed by atoms with Crippen LogP contribution >= 0.6 is 24.0 Å². The van der Waals surface area contributed by atoms with Gasteiger partial charge in [0.15, 0.2) is 0 Å². The minimum atomic E-state index is -0.342. The number of benzene rings is 1. The SMILES string of the molecule is CNCC1CCCN1CCOc1ccc(F)cc1Cl.Cl. The summed E-state index contributed by atoms with van der Waals surface area (Å²) in [6.07, 6.45) is 2.47.